The van der Waals surface area contributed by atoms with E-state index in [0.717, 1.165) is 25.3 Å². The second kappa shape index (κ2) is 6.16. The van der Waals surface area contributed by atoms with Crippen LogP contribution in [0.4, 0.5) is 11.6 Å². The Balaban J connectivity index is 2.26. The molecule has 1 aliphatic heterocycles. The summed E-state index contributed by atoms with van der Waals surface area (Å²) in [7, 11) is 3.54. The number of halogens is 2. The Bertz CT molecular complexity index is 456. The van der Waals surface area contributed by atoms with Gasteiger partial charge in [-0.2, -0.15) is 0 Å². The van der Waals surface area contributed by atoms with E-state index in [4.69, 9.17) is 27.9 Å². The van der Waals surface area contributed by atoms with Gasteiger partial charge >= 0.3 is 0 Å². The van der Waals surface area contributed by atoms with Crippen molar-refractivity contribution < 1.29 is 4.74 Å². The maximum atomic E-state index is 6.26. The molecule has 0 amide bonds. The van der Waals surface area contributed by atoms with Gasteiger partial charge in [-0.1, -0.05) is 30.1 Å². The number of hydrogen-bond donors (Lipinski definition) is 1. The molecule has 4 nitrogen and oxygen atoms in total. The van der Waals surface area contributed by atoms with Crippen molar-refractivity contribution in [3.05, 3.63) is 16.1 Å². The van der Waals surface area contributed by atoms with Crippen LogP contribution in [-0.2, 0) is 4.74 Å². The molecular formula is C13H19Cl2N3O. The van der Waals surface area contributed by atoms with Crippen molar-refractivity contribution in [2.75, 3.05) is 37.5 Å². The number of aromatic nitrogens is 1. The van der Waals surface area contributed by atoms with Crippen molar-refractivity contribution in [2.24, 2.45) is 5.92 Å². The molecule has 1 fully saturated rings. The number of anilines is 2. The smallest absolute Gasteiger partial charge is 0.150 e. The van der Waals surface area contributed by atoms with E-state index in [-0.39, 0.29) is 6.10 Å². The lowest BCUT2D eigenvalue weighted by Crippen LogP contribution is -2.44. The molecule has 1 aromatic heterocycles. The highest BCUT2D eigenvalue weighted by Crippen LogP contribution is 2.33. The zero-order valence-electron chi connectivity index (χ0n) is 11.4. The van der Waals surface area contributed by atoms with Gasteiger partial charge in [-0.25, -0.2) is 4.98 Å². The summed E-state index contributed by atoms with van der Waals surface area (Å²) in [5, 5.41) is 4.09. The lowest BCUT2D eigenvalue weighted by Gasteiger charge is -2.37. The third-order valence-corrected chi connectivity index (χ3v) is 4.21. The molecule has 1 saturated heterocycles. The minimum Gasteiger partial charge on any atom is -0.379 e. The molecule has 6 heteroatoms. The quantitative estimate of drug-likeness (QED) is 0.930. The number of pyridine rings is 1. The Labute approximate surface area is 124 Å². The molecule has 0 bridgehead atoms. The predicted molar refractivity (Wildman–Crippen MR) is 80.6 cm³/mol. The first-order valence-corrected chi connectivity index (χ1v) is 7.14. The van der Waals surface area contributed by atoms with Gasteiger partial charge < -0.3 is 15.0 Å². The van der Waals surface area contributed by atoms with Gasteiger partial charge in [0, 0.05) is 27.2 Å². The standard InChI is InChI=1S/C13H19Cl2N3O/c1-8-4-5-18(7-11(8)19-3)13-10(15)6-9(14)12(16-2)17-13/h6,8,11H,4-5,7H2,1-3H3,(H,16,17). The van der Waals surface area contributed by atoms with E-state index in [9.17, 15) is 0 Å². The van der Waals surface area contributed by atoms with Gasteiger partial charge in [0.05, 0.1) is 16.1 Å². The van der Waals surface area contributed by atoms with E-state index < -0.39 is 0 Å². The SMILES string of the molecule is CNc1nc(N2CCC(C)C(OC)C2)c(Cl)cc1Cl. The summed E-state index contributed by atoms with van der Waals surface area (Å²) in [6.45, 7) is 3.94. The Morgan fingerprint density at radius 1 is 1.42 bits per heavy atom. The third kappa shape index (κ3) is 3.07. The largest absolute Gasteiger partial charge is 0.379 e. The Morgan fingerprint density at radius 3 is 2.79 bits per heavy atom. The fourth-order valence-electron chi connectivity index (χ4n) is 2.39. The highest BCUT2D eigenvalue weighted by Gasteiger charge is 2.28. The number of hydrogen-bond acceptors (Lipinski definition) is 4. The second-order valence-corrected chi connectivity index (χ2v) is 5.67. The highest BCUT2D eigenvalue weighted by molar-refractivity contribution is 6.37. The number of ether oxygens (including phenoxy) is 1. The number of nitrogens with one attached hydrogen (secondary N) is 1. The number of nitrogens with zero attached hydrogens (tertiary/aromatic N) is 2. The highest BCUT2D eigenvalue weighted by atomic mass is 35.5. The average Bonchev–Trinajstić information content (AvgIpc) is 2.40. The summed E-state index contributed by atoms with van der Waals surface area (Å²) < 4.78 is 5.52. The van der Waals surface area contributed by atoms with Crippen LogP contribution in [-0.4, -0.2) is 38.3 Å². The molecule has 0 spiro atoms. The van der Waals surface area contributed by atoms with E-state index in [1.54, 1.807) is 20.2 Å². The van der Waals surface area contributed by atoms with E-state index >= 15 is 0 Å². The Kier molecular flexibility index (Phi) is 4.76. The van der Waals surface area contributed by atoms with Crippen LogP contribution in [0, 0.1) is 5.92 Å². The molecule has 1 N–H and O–H groups in total. The van der Waals surface area contributed by atoms with E-state index in [0.29, 0.717) is 21.8 Å². The van der Waals surface area contributed by atoms with Gasteiger partial charge in [-0.15, -0.1) is 0 Å². The fourth-order valence-corrected chi connectivity index (χ4v) is 2.96. The first-order valence-electron chi connectivity index (χ1n) is 6.38. The maximum absolute atomic E-state index is 6.26. The maximum Gasteiger partial charge on any atom is 0.150 e. The Hall–Kier alpha value is -0.710. The first-order chi connectivity index (χ1) is 9.06. The molecule has 2 unspecified atom stereocenters. The first kappa shape index (κ1) is 14.7. The summed E-state index contributed by atoms with van der Waals surface area (Å²) in [4.78, 5) is 6.66. The van der Waals surface area contributed by atoms with Crippen LogP contribution in [0.1, 0.15) is 13.3 Å². The lowest BCUT2D eigenvalue weighted by atomic mass is 9.96. The molecule has 19 heavy (non-hydrogen) atoms. The van der Waals surface area contributed by atoms with E-state index in [1.807, 2.05) is 0 Å². The fraction of sp³-hybridized carbons (Fsp3) is 0.615. The second-order valence-electron chi connectivity index (χ2n) is 4.86. The molecule has 2 heterocycles. The molecule has 1 aliphatic rings. The summed E-state index contributed by atoms with van der Waals surface area (Å²) >= 11 is 12.3. The third-order valence-electron chi connectivity index (χ3n) is 3.64. The lowest BCUT2D eigenvalue weighted by molar-refractivity contribution is 0.0496. The van der Waals surface area contributed by atoms with Crippen LogP contribution in [0.25, 0.3) is 0 Å². The molecule has 1 aromatic rings. The van der Waals surface area contributed by atoms with Crippen LogP contribution in [0.15, 0.2) is 6.07 Å². The molecule has 106 valence electrons. The minimum absolute atomic E-state index is 0.209. The zero-order chi connectivity index (χ0) is 14.0. The molecular weight excluding hydrogens is 285 g/mol. The molecule has 0 aliphatic carbocycles. The van der Waals surface area contributed by atoms with Crippen molar-refractivity contribution >= 4 is 34.8 Å². The summed E-state index contributed by atoms with van der Waals surface area (Å²) in [5.41, 5.74) is 0. The zero-order valence-corrected chi connectivity index (χ0v) is 12.9. The van der Waals surface area contributed by atoms with Crippen LogP contribution >= 0.6 is 23.2 Å². The summed E-state index contributed by atoms with van der Waals surface area (Å²) in [6, 6.07) is 1.73. The summed E-state index contributed by atoms with van der Waals surface area (Å²) in [6.07, 6.45) is 1.27. The van der Waals surface area contributed by atoms with Gasteiger partial charge in [0.2, 0.25) is 0 Å². The van der Waals surface area contributed by atoms with Gasteiger partial charge in [0.15, 0.2) is 0 Å². The van der Waals surface area contributed by atoms with Crippen molar-refractivity contribution in [3.63, 3.8) is 0 Å². The average molecular weight is 304 g/mol. The normalized spacial score (nSPS) is 23.5. The molecule has 0 aromatic carbocycles. The monoisotopic (exact) mass is 303 g/mol. The molecule has 2 rings (SSSR count). The van der Waals surface area contributed by atoms with Crippen LogP contribution in [0.5, 0.6) is 0 Å². The number of rotatable bonds is 3. The molecule has 2 atom stereocenters. The van der Waals surface area contributed by atoms with Crippen LogP contribution in [0.2, 0.25) is 10.0 Å². The van der Waals surface area contributed by atoms with Crippen molar-refractivity contribution in [1.82, 2.24) is 4.98 Å². The summed E-state index contributed by atoms with van der Waals surface area (Å²) in [5.74, 6) is 1.97. The Morgan fingerprint density at radius 2 is 2.16 bits per heavy atom. The topological polar surface area (TPSA) is 37.4 Å². The number of piperidine rings is 1. The molecule has 0 saturated carbocycles. The van der Waals surface area contributed by atoms with Gasteiger partial charge in [-0.05, 0) is 18.4 Å². The van der Waals surface area contributed by atoms with Gasteiger partial charge in [0.25, 0.3) is 0 Å². The molecule has 0 radical (unpaired) electrons. The van der Waals surface area contributed by atoms with E-state index in [2.05, 4.69) is 22.1 Å². The van der Waals surface area contributed by atoms with Crippen molar-refractivity contribution in [2.45, 2.75) is 19.4 Å². The van der Waals surface area contributed by atoms with Crippen LogP contribution < -0.4 is 10.2 Å². The van der Waals surface area contributed by atoms with Crippen LogP contribution in [0.3, 0.4) is 0 Å². The van der Waals surface area contributed by atoms with Crippen molar-refractivity contribution in [1.29, 1.82) is 0 Å². The van der Waals surface area contributed by atoms with E-state index in [1.165, 1.54) is 0 Å². The predicted octanol–water partition coefficient (Wildman–Crippen LogP) is 3.29. The minimum atomic E-state index is 0.209. The van der Waals surface area contributed by atoms with Gasteiger partial charge in [-0.3, -0.25) is 0 Å². The van der Waals surface area contributed by atoms with Crippen molar-refractivity contribution in [3.8, 4) is 0 Å². The van der Waals surface area contributed by atoms with Gasteiger partial charge in [0.1, 0.15) is 11.6 Å². The number of methoxy groups -OCH3 is 1.